The highest BCUT2D eigenvalue weighted by atomic mass is 19.3. The second kappa shape index (κ2) is 11.1. The zero-order chi connectivity index (χ0) is 26.6. The van der Waals surface area contributed by atoms with Gasteiger partial charge in [0.15, 0.2) is 0 Å². The molecule has 1 fully saturated rings. The molecule has 3 aromatic carbocycles. The molecule has 0 saturated heterocycles. The molecule has 1 aliphatic rings. The van der Waals surface area contributed by atoms with E-state index in [4.69, 9.17) is 5.73 Å². The number of nitrogen functional groups attached to an aromatic ring is 1. The molecule has 0 aliphatic heterocycles. The van der Waals surface area contributed by atoms with Crippen LogP contribution in [0.15, 0.2) is 79.0 Å². The summed E-state index contributed by atoms with van der Waals surface area (Å²) in [7, 11) is 0. The molecule has 192 valence electrons. The van der Waals surface area contributed by atoms with Gasteiger partial charge < -0.3 is 11.1 Å². The Hall–Kier alpha value is -3.80. The number of nitrogens with zero attached hydrogens (tertiary/aromatic N) is 1. The average Bonchev–Trinajstić information content (AvgIpc) is 2.83. The molecule has 1 amide bonds. The van der Waals surface area contributed by atoms with E-state index in [0.717, 1.165) is 23.4 Å². The number of fused-ring (bicyclic) bond motifs is 1. The molecule has 1 aromatic heterocycles. The Bertz CT molecular complexity index is 1380. The molecule has 4 aromatic rings. The van der Waals surface area contributed by atoms with Gasteiger partial charge in [0.25, 0.3) is 11.8 Å². The first-order valence-electron chi connectivity index (χ1n) is 12.6. The zero-order valence-corrected chi connectivity index (χ0v) is 21.5. The van der Waals surface area contributed by atoms with Gasteiger partial charge >= 0.3 is 0 Å². The molecule has 0 radical (unpaired) electrons. The molecular weight excluding hydrogens is 468 g/mol. The minimum atomic E-state index is -2.71. The normalized spacial score (nSPS) is 14.3. The number of rotatable bonds is 5. The number of nitrogens with one attached hydrogen (secondary N) is 1. The fraction of sp³-hybridized carbons (Fsp3) is 0.290. The van der Waals surface area contributed by atoms with Crippen LogP contribution in [0.2, 0.25) is 0 Å². The average molecular weight is 502 g/mol. The predicted molar refractivity (Wildman–Crippen MR) is 146 cm³/mol. The summed E-state index contributed by atoms with van der Waals surface area (Å²) in [5.74, 6) is -1.69. The zero-order valence-electron chi connectivity index (χ0n) is 21.5. The number of carbonyl (C=O) groups is 1. The van der Waals surface area contributed by atoms with Gasteiger partial charge in [-0.2, -0.15) is 0 Å². The molecule has 0 spiro atoms. The summed E-state index contributed by atoms with van der Waals surface area (Å²) >= 11 is 0. The van der Waals surface area contributed by atoms with Gasteiger partial charge in [0, 0.05) is 29.8 Å². The van der Waals surface area contributed by atoms with Crippen LogP contribution in [0.3, 0.4) is 0 Å². The number of anilines is 1. The number of halogens is 2. The standard InChI is InChI=1S/C22H23N3O.C9H10F2/c1-14(18-9-4-12-24-21(18)23)25-22(26)17-10-11-20-16(13-17)7-3-8-19(20)15-5-2-6-15;1-7-3-5-8(6-4-7)9(2,10)11/h3-4,7-15H,2,5-6H2,1H3,(H2,23,24)(H,25,26);3-6H,1-2H3. The van der Waals surface area contributed by atoms with E-state index in [1.54, 1.807) is 18.3 Å². The molecule has 1 heterocycles. The van der Waals surface area contributed by atoms with Crippen LogP contribution in [-0.2, 0) is 5.92 Å². The number of hydrogen-bond acceptors (Lipinski definition) is 3. The van der Waals surface area contributed by atoms with Crippen LogP contribution < -0.4 is 11.1 Å². The molecule has 5 rings (SSSR count). The summed E-state index contributed by atoms with van der Waals surface area (Å²) in [6.07, 6.45) is 5.50. The minimum Gasteiger partial charge on any atom is -0.383 e. The number of amides is 1. The molecule has 0 bridgehead atoms. The second-order valence-corrected chi connectivity index (χ2v) is 9.84. The summed E-state index contributed by atoms with van der Waals surface area (Å²) in [6.45, 7) is 4.69. The fourth-order valence-corrected chi connectivity index (χ4v) is 4.53. The lowest BCUT2D eigenvalue weighted by Gasteiger charge is -2.27. The van der Waals surface area contributed by atoms with Crippen molar-refractivity contribution in [3.8, 4) is 0 Å². The lowest BCUT2D eigenvalue weighted by atomic mass is 9.78. The van der Waals surface area contributed by atoms with Crippen molar-refractivity contribution in [2.75, 3.05) is 5.73 Å². The molecule has 1 aliphatic carbocycles. The Morgan fingerprint density at radius 1 is 1.05 bits per heavy atom. The van der Waals surface area contributed by atoms with Crippen molar-refractivity contribution >= 4 is 22.5 Å². The van der Waals surface area contributed by atoms with Crippen LogP contribution >= 0.6 is 0 Å². The first kappa shape index (κ1) is 26.3. The Morgan fingerprint density at radius 3 is 2.41 bits per heavy atom. The molecule has 6 heteroatoms. The number of nitrogens with two attached hydrogens (primary N) is 1. The van der Waals surface area contributed by atoms with Crippen molar-refractivity contribution < 1.29 is 13.6 Å². The van der Waals surface area contributed by atoms with Crippen molar-refractivity contribution in [3.05, 3.63) is 107 Å². The highest BCUT2D eigenvalue weighted by molar-refractivity contribution is 5.99. The van der Waals surface area contributed by atoms with Crippen molar-refractivity contribution in [2.45, 2.75) is 57.9 Å². The summed E-state index contributed by atoms with van der Waals surface area (Å²) in [4.78, 5) is 16.8. The third kappa shape index (κ3) is 6.31. The molecule has 1 unspecified atom stereocenters. The van der Waals surface area contributed by atoms with E-state index in [9.17, 15) is 13.6 Å². The highest BCUT2D eigenvalue weighted by Crippen LogP contribution is 2.39. The van der Waals surface area contributed by atoms with E-state index in [2.05, 4.69) is 34.6 Å². The van der Waals surface area contributed by atoms with Gasteiger partial charge in [0.2, 0.25) is 0 Å². The molecule has 37 heavy (non-hydrogen) atoms. The van der Waals surface area contributed by atoms with Crippen LogP contribution in [0.25, 0.3) is 10.8 Å². The van der Waals surface area contributed by atoms with Crippen LogP contribution in [0, 0.1) is 6.92 Å². The largest absolute Gasteiger partial charge is 0.383 e. The number of benzene rings is 3. The Labute approximate surface area is 216 Å². The molecule has 3 N–H and O–H groups in total. The van der Waals surface area contributed by atoms with E-state index in [1.165, 1.54) is 42.3 Å². The maximum atomic E-state index is 12.7. The maximum absolute atomic E-state index is 12.7. The smallest absolute Gasteiger partial charge is 0.270 e. The number of aromatic nitrogens is 1. The minimum absolute atomic E-state index is 0.0723. The van der Waals surface area contributed by atoms with Gasteiger partial charge in [0.05, 0.1) is 6.04 Å². The number of hydrogen-bond donors (Lipinski definition) is 2. The lowest BCUT2D eigenvalue weighted by Crippen LogP contribution is -2.27. The third-order valence-corrected chi connectivity index (χ3v) is 6.97. The Balaban J connectivity index is 0.000000245. The fourth-order valence-electron chi connectivity index (χ4n) is 4.53. The van der Waals surface area contributed by atoms with Gasteiger partial charge in [0.1, 0.15) is 5.82 Å². The van der Waals surface area contributed by atoms with Crippen LogP contribution in [-0.4, -0.2) is 10.9 Å². The molecule has 1 atom stereocenters. The third-order valence-electron chi connectivity index (χ3n) is 6.97. The quantitative estimate of drug-likeness (QED) is 0.295. The van der Waals surface area contributed by atoms with Gasteiger partial charge in [-0.3, -0.25) is 4.79 Å². The predicted octanol–water partition coefficient (Wildman–Crippen LogP) is 7.68. The molecular formula is C31H33F2N3O. The monoisotopic (exact) mass is 501 g/mol. The topological polar surface area (TPSA) is 68.0 Å². The number of pyridine rings is 1. The lowest BCUT2D eigenvalue weighted by molar-refractivity contribution is 0.0174. The van der Waals surface area contributed by atoms with E-state index in [-0.39, 0.29) is 17.5 Å². The van der Waals surface area contributed by atoms with Crippen molar-refractivity contribution in [1.82, 2.24) is 10.3 Å². The first-order chi connectivity index (χ1) is 17.6. The molecule has 1 saturated carbocycles. The maximum Gasteiger partial charge on any atom is 0.270 e. The van der Waals surface area contributed by atoms with E-state index in [0.29, 0.717) is 17.3 Å². The highest BCUT2D eigenvalue weighted by Gasteiger charge is 2.23. The van der Waals surface area contributed by atoms with Crippen LogP contribution in [0.1, 0.15) is 77.7 Å². The van der Waals surface area contributed by atoms with Gasteiger partial charge in [-0.15, -0.1) is 0 Å². The van der Waals surface area contributed by atoms with Crippen molar-refractivity contribution in [2.24, 2.45) is 0 Å². The number of carbonyl (C=O) groups excluding carboxylic acids is 1. The first-order valence-corrected chi connectivity index (χ1v) is 12.6. The van der Waals surface area contributed by atoms with E-state index >= 15 is 0 Å². The second-order valence-electron chi connectivity index (χ2n) is 9.84. The van der Waals surface area contributed by atoms with E-state index in [1.807, 2.05) is 38.1 Å². The molecule has 4 nitrogen and oxygen atoms in total. The van der Waals surface area contributed by atoms with Crippen molar-refractivity contribution in [1.29, 1.82) is 0 Å². The van der Waals surface area contributed by atoms with Crippen LogP contribution in [0.5, 0.6) is 0 Å². The van der Waals surface area contributed by atoms with Crippen LogP contribution in [0.4, 0.5) is 14.6 Å². The van der Waals surface area contributed by atoms with E-state index < -0.39 is 5.92 Å². The number of alkyl halides is 2. The Morgan fingerprint density at radius 2 is 1.78 bits per heavy atom. The van der Waals surface area contributed by atoms with Crippen molar-refractivity contribution in [3.63, 3.8) is 0 Å². The van der Waals surface area contributed by atoms with Gasteiger partial charge in [-0.1, -0.05) is 66.6 Å². The summed E-state index contributed by atoms with van der Waals surface area (Å²) < 4.78 is 25.2. The summed E-state index contributed by atoms with van der Waals surface area (Å²) in [6, 6.07) is 22.2. The number of aryl methyl sites for hydroxylation is 1. The summed E-state index contributed by atoms with van der Waals surface area (Å²) in [5, 5.41) is 5.40. The van der Waals surface area contributed by atoms with Gasteiger partial charge in [-0.25, -0.2) is 13.8 Å². The summed E-state index contributed by atoms with van der Waals surface area (Å²) in [5.41, 5.74) is 9.89. The van der Waals surface area contributed by atoms with Gasteiger partial charge in [-0.05, 0) is 67.1 Å². The SMILES string of the molecule is CC(NC(=O)c1ccc2c(C3CCC3)cccc2c1)c1cccnc1N.Cc1ccc(C(C)(F)F)cc1. The Kier molecular flexibility index (Phi) is 7.86.